The van der Waals surface area contributed by atoms with E-state index in [1.54, 1.807) is 0 Å². The molecule has 0 saturated carbocycles. The van der Waals surface area contributed by atoms with E-state index in [2.05, 4.69) is 0 Å². The van der Waals surface area contributed by atoms with Crippen LogP contribution in [0.2, 0.25) is 0 Å². The lowest BCUT2D eigenvalue weighted by atomic mass is 10.1. The number of benzene rings is 2. The van der Waals surface area contributed by atoms with Crippen LogP contribution in [0.25, 0.3) is 0 Å². The van der Waals surface area contributed by atoms with Crippen LogP contribution in [-0.4, -0.2) is 41.7 Å². The summed E-state index contributed by atoms with van der Waals surface area (Å²) in [6, 6.07) is 12.6. The second-order valence-corrected chi connectivity index (χ2v) is 5.85. The minimum Gasteiger partial charge on any atom is -0.394 e. The zero-order chi connectivity index (χ0) is 17.1. The van der Waals surface area contributed by atoms with Gasteiger partial charge in [-0.1, -0.05) is 30.3 Å². The maximum absolute atomic E-state index is 13.5. The molecule has 2 aromatic carbocycles. The Hall–Kier alpha value is -2.31. The van der Waals surface area contributed by atoms with Crippen molar-refractivity contribution < 1.29 is 18.7 Å². The molecule has 2 aromatic rings. The Kier molecular flexibility index (Phi) is 4.87. The van der Waals surface area contributed by atoms with Gasteiger partial charge in [-0.15, -0.1) is 0 Å². The molecule has 1 amide bonds. The van der Waals surface area contributed by atoms with E-state index in [1.807, 2.05) is 35.2 Å². The van der Waals surface area contributed by atoms with Crippen LogP contribution in [-0.2, 0) is 11.3 Å². The Bertz CT molecular complexity index is 724. The molecule has 126 valence electrons. The fourth-order valence-corrected chi connectivity index (χ4v) is 3.01. The van der Waals surface area contributed by atoms with Gasteiger partial charge >= 0.3 is 0 Å². The number of amides is 1. The van der Waals surface area contributed by atoms with Crippen molar-refractivity contribution >= 4 is 11.6 Å². The Labute approximate surface area is 138 Å². The first-order chi connectivity index (χ1) is 11.6. The first-order valence-electron chi connectivity index (χ1n) is 7.72. The summed E-state index contributed by atoms with van der Waals surface area (Å²) in [5.41, 5.74) is 1.33. The molecule has 1 N–H and O–H groups in total. The molecule has 1 fully saturated rings. The van der Waals surface area contributed by atoms with E-state index in [0.717, 1.165) is 17.7 Å². The third kappa shape index (κ3) is 3.44. The van der Waals surface area contributed by atoms with Gasteiger partial charge in [0.1, 0.15) is 0 Å². The zero-order valence-electron chi connectivity index (χ0n) is 13.0. The van der Waals surface area contributed by atoms with E-state index < -0.39 is 17.7 Å². The first-order valence-corrected chi connectivity index (χ1v) is 7.72. The number of aliphatic hydroxyl groups excluding tert-OH is 1. The first kappa shape index (κ1) is 16.5. The maximum atomic E-state index is 13.5. The number of piperazine rings is 1. The fourth-order valence-electron chi connectivity index (χ4n) is 3.01. The SMILES string of the molecule is O=C1CN(Cc2ccccc2)C[C@@H](CO)N1c1ccc(F)c(F)c1. The molecule has 1 aliphatic rings. The second kappa shape index (κ2) is 7.07. The number of hydrogen-bond donors (Lipinski definition) is 1. The Balaban J connectivity index is 1.78. The average molecular weight is 332 g/mol. The number of carbonyl (C=O) groups is 1. The Morgan fingerprint density at radius 1 is 1.08 bits per heavy atom. The molecule has 3 rings (SSSR count). The monoisotopic (exact) mass is 332 g/mol. The summed E-state index contributed by atoms with van der Waals surface area (Å²) in [6.07, 6.45) is 0. The molecular formula is C18H18F2N2O2. The topological polar surface area (TPSA) is 43.8 Å². The molecule has 6 heteroatoms. The van der Waals surface area contributed by atoms with E-state index in [4.69, 9.17) is 0 Å². The van der Waals surface area contributed by atoms with Gasteiger partial charge in [0.2, 0.25) is 5.91 Å². The van der Waals surface area contributed by atoms with Crippen LogP contribution in [0.5, 0.6) is 0 Å². The van der Waals surface area contributed by atoms with Gasteiger partial charge in [-0.05, 0) is 17.7 Å². The van der Waals surface area contributed by atoms with Crippen molar-refractivity contribution in [2.45, 2.75) is 12.6 Å². The van der Waals surface area contributed by atoms with Gasteiger partial charge in [-0.2, -0.15) is 0 Å². The van der Waals surface area contributed by atoms with Crippen LogP contribution < -0.4 is 4.90 Å². The summed E-state index contributed by atoms with van der Waals surface area (Å²) in [4.78, 5) is 15.8. The quantitative estimate of drug-likeness (QED) is 0.933. The van der Waals surface area contributed by atoms with Gasteiger partial charge in [-0.3, -0.25) is 9.69 Å². The van der Waals surface area contributed by atoms with Crippen LogP contribution in [0.4, 0.5) is 14.5 Å². The van der Waals surface area contributed by atoms with E-state index in [0.29, 0.717) is 13.1 Å². The summed E-state index contributed by atoms with van der Waals surface area (Å²) < 4.78 is 26.6. The number of halogens is 2. The third-order valence-corrected chi connectivity index (χ3v) is 4.10. The smallest absolute Gasteiger partial charge is 0.241 e. The van der Waals surface area contributed by atoms with Crippen molar-refractivity contribution in [3.05, 3.63) is 65.7 Å². The van der Waals surface area contributed by atoms with Crippen LogP contribution in [0.3, 0.4) is 0 Å². The van der Waals surface area contributed by atoms with Crippen LogP contribution in [0, 0.1) is 11.6 Å². The van der Waals surface area contributed by atoms with Gasteiger partial charge in [0.15, 0.2) is 11.6 Å². The normalized spacial score (nSPS) is 18.9. The van der Waals surface area contributed by atoms with Crippen LogP contribution in [0.1, 0.15) is 5.56 Å². The van der Waals surface area contributed by atoms with E-state index in [-0.39, 0.29) is 24.7 Å². The highest BCUT2D eigenvalue weighted by atomic mass is 19.2. The molecule has 4 nitrogen and oxygen atoms in total. The minimum atomic E-state index is -1.01. The molecule has 1 aliphatic heterocycles. The average Bonchev–Trinajstić information content (AvgIpc) is 2.58. The highest BCUT2D eigenvalue weighted by Crippen LogP contribution is 2.24. The fraction of sp³-hybridized carbons (Fsp3) is 0.278. The second-order valence-electron chi connectivity index (χ2n) is 5.85. The highest BCUT2D eigenvalue weighted by molar-refractivity contribution is 5.96. The summed E-state index contributed by atoms with van der Waals surface area (Å²) >= 11 is 0. The molecule has 0 bridgehead atoms. The van der Waals surface area contributed by atoms with Crippen molar-refractivity contribution in [2.24, 2.45) is 0 Å². The van der Waals surface area contributed by atoms with Gasteiger partial charge in [0.25, 0.3) is 0 Å². The predicted molar refractivity (Wildman–Crippen MR) is 86.4 cm³/mol. The van der Waals surface area contributed by atoms with Crippen molar-refractivity contribution in [2.75, 3.05) is 24.6 Å². The van der Waals surface area contributed by atoms with Crippen molar-refractivity contribution in [3.63, 3.8) is 0 Å². The van der Waals surface area contributed by atoms with Crippen LogP contribution in [0.15, 0.2) is 48.5 Å². The van der Waals surface area contributed by atoms with Crippen molar-refractivity contribution in [1.29, 1.82) is 0 Å². The molecule has 1 saturated heterocycles. The summed E-state index contributed by atoms with van der Waals surface area (Å²) in [5.74, 6) is -2.22. The number of anilines is 1. The Morgan fingerprint density at radius 3 is 2.50 bits per heavy atom. The maximum Gasteiger partial charge on any atom is 0.241 e. The lowest BCUT2D eigenvalue weighted by Gasteiger charge is -2.40. The van der Waals surface area contributed by atoms with Gasteiger partial charge in [0, 0.05) is 24.8 Å². The van der Waals surface area contributed by atoms with E-state index >= 15 is 0 Å². The molecule has 0 spiro atoms. The molecule has 24 heavy (non-hydrogen) atoms. The van der Waals surface area contributed by atoms with Crippen LogP contribution >= 0.6 is 0 Å². The lowest BCUT2D eigenvalue weighted by Crippen LogP contribution is -2.57. The third-order valence-electron chi connectivity index (χ3n) is 4.10. The molecule has 1 heterocycles. The number of nitrogens with zero attached hydrogens (tertiary/aromatic N) is 2. The summed E-state index contributed by atoms with van der Waals surface area (Å²) in [6.45, 7) is 0.950. The number of rotatable bonds is 4. The zero-order valence-corrected chi connectivity index (χ0v) is 13.0. The molecule has 0 unspecified atom stereocenters. The number of aliphatic hydroxyl groups is 1. The number of hydrogen-bond acceptors (Lipinski definition) is 3. The van der Waals surface area contributed by atoms with Crippen molar-refractivity contribution in [3.8, 4) is 0 Å². The molecule has 0 aromatic heterocycles. The van der Waals surface area contributed by atoms with Crippen molar-refractivity contribution in [1.82, 2.24) is 4.90 Å². The largest absolute Gasteiger partial charge is 0.394 e. The highest BCUT2D eigenvalue weighted by Gasteiger charge is 2.33. The summed E-state index contributed by atoms with van der Waals surface area (Å²) in [5, 5.41) is 9.66. The van der Waals surface area contributed by atoms with Gasteiger partial charge in [0.05, 0.1) is 19.2 Å². The lowest BCUT2D eigenvalue weighted by molar-refractivity contribution is -0.122. The number of carbonyl (C=O) groups excluding carboxylic acids is 1. The molecule has 1 atom stereocenters. The van der Waals surface area contributed by atoms with Gasteiger partial charge in [-0.25, -0.2) is 8.78 Å². The molecular weight excluding hydrogens is 314 g/mol. The molecule has 0 radical (unpaired) electrons. The van der Waals surface area contributed by atoms with E-state index in [9.17, 15) is 18.7 Å². The Morgan fingerprint density at radius 2 is 1.83 bits per heavy atom. The molecule has 0 aliphatic carbocycles. The van der Waals surface area contributed by atoms with Gasteiger partial charge < -0.3 is 10.0 Å². The van der Waals surface area contributed by atoms with E-state index in [1.165, 1.54) is 11.0 Å². The summed E-state index contributed by atoms with van der Waals surface area (Å²) in [7, 11) is 0. The standard InChI is InChI=1S/C18H18F2N2O2/c19-16-7-6-14(8-17(16)20)22-15(12-23)10-21(11-18(22)24)9-13-4-2-1-3-5-13/h1-8,15,23H,9-12H2/t15-/m0/s1. The minimum absolute atomic E-state index is 0.157. The predicted octanol–water partition coefficient (Wildman–Crippen LogP) is 2.17.